The van der Waals surface area contributed by atoms with E-state index in [9.17, 15) is 4.39 Å². The second-order valence-electron chi connectivity index (χ2n) is 4.95. The minimum atomic E-state index is -0.227. The molecule has 2 rings (SSSR count). The van der Waals surface area contributed by atoms with Crippen LogP contribution in [0.4, 0.5) is 15.8 Å². The van der Waals surface area contributed by atoms with Crippen molar-refractivity contribution < 1.29 is 9.13 Å². The van der Waals surface area contributed by atoms with E-state index in [2.05, 4.69) is 5.32 Å². The second-order valence-corrected chi connectivity index (χ2v) is 4.95. The van der Waals surface area contributed by atoms with Crippen molar-refractivity contribution in [3.63, 3.8) is 0 Å². The molecule has 1 atom stereocenters. The molecule has 1 unspecified atom stereocenters. The Bertz CT molecular complexity index is 601. The molecule has 0 heterocycles. The van der Waals surface area contributed by atoms with E-state index in [0.29, 0.717) is 23.6 Å². The van der Waals surface area contributed by atoms with Gasteiger partial charge in [-0.2, -0.15) is 0 Å². The summed E-state index contributed by atoms with van der Waals surface area (Å²) >= 11 is 0. The van der Waals surface area contributed by atoms with E-state index in [4.69, 9.17) is 10.5 Å². The highest BCUT2D eigenvalue weighted by Gasteiger charge is 2.13. The molecule has 0 aliphatic heterocycles. The predicted octanol–water partition coefficient (Wildman–Crippen LogP) is 4.37. The zero-order valence-electron chi connectivity index (χ0n) is 12.4. The summed E-state index contributed by atoms with van der Waals surface area (Å²) in [4.78, 5) is 0. The lowest BCUT2D eigenvalue weighted by Crippen LogP contribution is -2.10. The molecule has 0 bridgehead atoms. The van der Waals surface area contributed by atoms with Crippen LogP contribution < -0.4 is 15.8 Å². The molecule has 112 valence electrons. The van der Waals surface area contributed by atoms with Gasteiger partial charge in [0.15, 0.2) is 0 Å². The Balaban J connectivity index is 2.18. The first kappa shape index (κ1) is 15.2. The molecule has 0 radical (unpaired) electrons. The van der Waals surface area contributed by atoms with Crippen molar-refractivity contribution >= 4 is 11.4 Å². The fraction of sp³-hybridized carbons (Fsp3) is 0.294. The zero-order valence-corrected chi connectivity index (χ0v) is 12.4. The van der Waals surface area contributed by atoms with E-state index >= 15 is 0 Å². The Morgan fingerprint density at radius 2 is 1.95 bits per heavy atom. The van der Waals surface area contributed by atoms with Gasteiger partial charge in [-0.1, -0.05) is 31.2 Å². The maximum Gasteiger partial charge on any atom is 0.144 e. The molecule has 0 aliphatic carbocycles. The summed E-state index contributed by atoms with van der Waals surface area (Å²) in [5, 5.41) is 3.24. The van der Waals surface area contributed by atoms with Crippen LogP contribution >= 0.6 is 0 Å². The van der Waals surface area contributed by atoms with Crippen LogP contribution in [0.15, 0.2) is 42.5 Å². The highest BCUT2D eigenvalue weighted by molar-refractivity contribution is 5.73. The van der Waals surface area contributed by atoms with Crippen LogP contribution in [0.3, 0.4) is 0 Å². The summed E-state index contributed by atoms with van der Waals surface area (Å²) in [5.74, 6) is 0.428. The molecule has 0 aromatic heterocycles. The van der Waals surface area contributed by atoms with Gasteiger partial charge < -0.3 is 15.8 Å². The number of rotatable bonds is 6. The SMILES string of the molecule is CCCOc1cccc(NC(C)c2ccccc2F)c1N. The lowest BCUT2D eigenvalue weighted by Gasteiger charge is -2.19. The molecule has 2 aromatic carbocycles. The number of halogens is 1. The lowest BCUT2D eigenvalue weighted by molar-refractivity contribution is 0.319. The first-order valence-corrected chi connectivity index (χ1v) is 7.15. The molecule has 2 aromatic rings. The van der Waals surface area contributed by atoms with Crippen molar-refractivity contribution in [2.45, 2.75) is 26.3 Å². The third kappa shape index (κ3) is 3.66. The minimum Gasteiger partial charge on any atom is -0.491 e. The van der Waals surface area contributed by atoms with Gasteiger partial charge in [-0.25, -0.2) is 4.39 Å². The van der Waals surface area contributed by atoms with Crippen molar-refractivity contribution in [1.82, 2.24) is 0 Å². The van der Waals surface area contributed by atoms with Gasteiger partial charge in [-0.05, 0) is 31.5 Å². The first-order valence-electron chi connectivity index (χ1n) is 7.15. The maximum absolute atomic E-state index is 13.8. The number of nitrogens with two attached hydrogens (primary N) is 1. The van der Waals surface area contributed by atoms with Crippen molar-refractivity contribution in [3.05, 3.63) is 53.8 Å². The number of hydrogen-bond donors (Lipinski definition) is 2. The van der Waals surface area contributed by atoms with Gasteiger partial charge in [-0.3, -0.25) is 0 Å². The van der Waals surface area contributed by atoms with Crippen LogP contribution in [-0.4, -0.2) is 6.61 Å². The number of ether oxygens (including phenoxy) is 1. The molecule has 4 heteroatoms. The fourth-order valence-corrected chi connectivity index (χ4v) is 2.15. The van der Waals surface area contributed by atoms with Crippen LogP contribution in [0.1, 0.15) is 31.9 Å². The molecule has 21 heavy (non-hydrogen) atoms. The summed E-state index contributed by atoms with van der Waals surface area (Å²) in [6, 6.07) is 12.1. The molecular weight excluding hydrogens is 267 g/mol. The van der Waals surface area contributed by atoms with Crippen molar-refractivity contribution in [2.75, 3.05) is 17.7 Å². The minimum absolute atomic E-state index is 0.185. The molecule has 3 N–H and O–H groups in total. The monoisotopic (exact) mass is 288 g/mol. The number of anilines is 2. The van der Waals surface area contributed by atoms with Crippen molar-refractivity contribution in [1.29, 1.82) is 0 Å². The molecule has 0 saturated carbocycles. The summed E-state index contributed by atoms with van der Waals surface area (Å²) in [6.07, 6.45) is 0.919. The van der Waals surface area contributed by atoms with Gasteiger partial charge in [0, 0.05) is 5.56 Å². The number of para-hydroxylation sites is 1. The largest absolute Gasteiger partial charge is 0.491 e. The lowest BCUT2D eigenvalue weighted by atomic mass is 10.1. The Labute approximate surface area is 124 Å². The van der Waals surface area contributed by atoms with Crippen molar-refractivity contribution in [3.8, 4) is 5.75 Å². The maximum atomic E-state index is 13.8. The fourth-order valence-electron chi connectivity index (χ4n) is 2.15. The van der Waals surface area contributed by atoms with E-state index in [1.807, 2.05) is 38.1 Å². The molecule has 0 spiro atoms. The third-order valence-corrected chi connectivity index (χ3v) is 3.27. The zero-order chi connectivity index (χ0) is 15.2. The van der Waals surface area contributed by atoms with E-state index in [1.165, 1.54) is 6.07 Å². The predicted molar refractivity (Wildman–Crippen MR) is 85.1 cm³/mol. The van der Waals surface area contributed by atoms with E-state index in [1.54, 1.807) is 12.1 Å². The Kier molecular flexibility index (Phi) is 5.04. The van der Waals surface area contributed by atoms with Crippen LogP contribution in [-0.2, 0) is 0 Å². The Morgan fingerprint density at radius 3 is 2.67 bits per heavy atom. The Hall–Kier alpha value is -2.23. The molecular formula is C17H21FN2O. The van der Waals surface area contributed by atoms with Gasteiger partial charge >= 0.3 is 0 Å². The summed E-state index contributed by atoms with van der Waals surface area (Å²) < 4.78 is 19.4. The number of hydrogen-bond acceptors (Lipinski definition) is 3. The van der Waals surface area contributed by atoms with Crippen LogP contribution in [0.5, 0.6) is 5.75 Å². The highest BCUT2D eigenvalue weighted by Crippen LogP contribution is 2.32. The number of nitrogen functional groups attached to an aromatic ring is 1. The Morgan fingerprint density at radius 1 is 1.19 bits per heavy atom. The average molecular weight is 288 g/mol. The van der Waals surface area contributed by atoms with E-state index in [0.717, 1.165) is 12.1 Å². The molecule has 0 fully saturated rings. The molecule has 0 aliphatic rings. The topological polar surface area (TPSA) is 47.3 Å². The average Bonchev–Trinajstić information content (AvgIpc) is 2.48. The summed E-state index contributed by atoms with van der Waals surface area (Å²) in [6.45, 7) is 4.56. The third-order valence-electron chi connectivity index (χ3n) is 3.27. The molecule has 0 saturated heterocycles. The van der Waals surface area contributed by atoms with Crippen LogP contribution in [0.2, 0.25) is 0 Å². The van der Waals surface area contributed by atoms with Gasteiger partial charge in [-0.15, -0.1) is 0 Å². The summed E-state index contributed by atoms with van der Waals surface area (Å²) in [5.41, 5.74) is 8.01. The van der Waals surface area contributed by atoms with Crippen LogP contribution in [0, 0.1) is 5.82 Å². The van der Waals surface area contributed by atoms with Crippen molar-refractivity contribution in [2.24, 2.45) is 0 Å². The van der Waals surface area contributed by atoms with E-state index in [-0.39, 0.29) is 11.9 Å². The first-order chi connectivity index (χ1) is 10.1. The highest BCUT2D eigenvalue weighted by atomic mass is 19.1. The van der Waals surface area contributed by atoms with Gasteiger partial charge in [0.25, 0.3) is 0 Å². The van der Waals surface area contributed by atoms with Gasteiger partial charge in [0.05, 0.1) is 24.0 Å². The standard InChI is InChI=1S/C17H21FN2O/c1-3-11-21-16-10-6-9-15(17(16)19)20-12(2)13-7-4-5-8-14(13)18/h4-10,12,20H,3,11,19H2,1-2H3. The molecule has 3 nitrogen and oxygen atoms in total. The van der Waals surface area contributed by atoms with Gasteiger partial charge in [0.1, 0.15) is 11.6 Å². The summed E-state index contributed by atoms with van der Waals surface area (Å²) in [7, 11) is 0. The van der Waals surface area contributed by atoms with Crippen LogP contribution in [0.25, 0.3) is 0 Å². The smallest absolute Gasteiger partial charge is 0.144 e. The number of benzene rings is 2. The number of nitrogens with one attached hydrogen (secondary N) is 1. The van der Waals surface area contributed by atoms with Gasteiger partial charge in [0.2, 0.25) is 0 Å². The second kappa shape index (κ2) is 6.97. The molecule has 0 amide bonds. The van der Waals surface area contributed by atoms with E-state index < -0.39 is 0 Å². The quantitative estimate of drug-likeness (QED) is 0.776. The normalized spacial score (nSPS) is 12.0.